The lowest BCUT2D eigenvalue weighted by Gasteiger charge is -2.36. The first-order valence-corrected chi connectivity index (χ1v) is 12.2. The van der Waals surface area contributed by atoms with Crippen LogP contribution in [0.5, 0.6) is 0 Å². The van der Waals surface area contributed by atoms with E-state index in [0.717, 1.165) is 12.0 Å². The van der Waals surface area contributed by atoms with E-state index in [9.17, 15) is 33.7 Å². The molecule has 202 valence electrons. The summed E-state index contributed by atoms with van der Waals surface area (Å²) in [7, 11) is -0.317. The molecule has 1 fully saturated rings. The van der Waals surface area contributed by atoms with Crippen molar-refractivity contribution in [3.05, 3.63) is 47.5 Å². The number of nitrogens with zero attached hydrogens (tertiary/aromatic N) is 3. The third kappa shape index (κ3) is 9.42. The Morgan fingerprint density at radius 3 is 2.59 bits per heavy atom. The summed E-state index contributed by atoms with van der Waals surface area (Å²) >= 11 is 0. The lowest BCUT2D eigenvalue weighted by molar-refractivity contribution is -0.131. The number of rotatable bonds is 11. The second kappa shape index (κ2) is 14.1. The Morgan fingerprint density at radius 2 is 2.00 bits per heavy atom. The number of likely N-dealkylation sites (N-methyl/N-ethyl adjacent to an activating group) is 1. The van der Waals surface area contributed by atoms with Crippen LogP contribution in [0, 0.1) is 11.3 Å². The highest BCUT2D eigenvalue weighted by molar-refractivity contribution is 6.43. The van der Waals surface area contributed by atoms with E-state index in [4.69, 9.17) is 4.74 Å². The zero-order valence-corrected chi connectivity index (χ0v) is 21.4. The molecule has 1 aliphatic rings. The van der Waals surface area contributed by atoms with Crippen LogP contribution >= 0.6 is 0 Å². The fourth-order valence-corrected chi connectivity index (χ4v) is 4.11. The van der Waals surface area contributed by atoms with Gasteiger partial charge in [-0.25, -0.2) is 13.6 Å². The predicted molar refractivity (Wildman–Crippen MR) is 134 cm³/mol. The molecule has 0 aliphatic carbocycles. The maximum absolute atomic E-state index is 13.2. The number of amides is 2. The minimum absolute atomic E-state index is 0.148. The number of alkyl halides is 2. The summed E-state index contributed by atoms with van der Waals surface area (Å²) in [5.74, 6) is -1.55. The van der Waals surface area contributed by atoms with Gasteiger partial charge in [0, 0.05) is 12.1 Å². The Kier molecular flexibility index (Phi) is 11.5. The van der Waals surface area contributed by atoms with E-state index in [1.165, 1.54) is 22.9 Å². The number of nitriles is 1. The molecule has 0 spiro atoms. The summed E-state index contributed by atoms with van der Waals surface area (Å²) in [6.45, 7) is 2.97. The number of likely N-dealkylation sites (tertiary alicyclic amines) is 1. The summed E-state index contributed by atoms with van der Waals surface area (Å²) in [5.41, 5.74) is -0.353. The molecule has 0 radical (unpaired) electrons. The third-order valence-corrected chi connectivity index (χ3v) is 6.50. The van der Waals surface area contributed by atoms with Gasteiger partial charge in [-0.2, -0.15) is 5.26 Å². The average molecular weight is 520 g/mol. The van der Waals surface area contributed by atoms with Gasteiger partial charge < -0.3 is 25.0 Å². The first-order chi connectivity index (χ1) is 17.4. The minimum atomic E-state index is -2.56. The standard InChI is InChI=1S/C25H35BF2N4O5/c1-25(2,31(3)16-22(27)28)14-19(15-29)23(33)32-12-8-7-11-20(32)17-37-24(34)30-21(26(35)36)13-18-9-5-4-6-10-18/h4-6,9-10,14,20-22,35-36H,7-8,11-13,16-17H2,1-3H3,(H,30,34)/t20-,21+/m1/s1. The van der Waals surface area contributed by atoms with Crippen LogP contribution in [0.1, 0.15) is 38.7 Å². The Balaban J connectivity index is 2.05. The van der Waals surface area contributed by atoms with Gasteiger partial charge >= 0.3 is 13.2 Å². The molecule has 0 unspecified atom stereocenters. The van der Waals surface area contributed by atoms with E-state index in [-0.39, 0.29) is 18.6 Å². The zero-order chi connectivity index (χ0) is 27.6. The van der Waals surface area contributed by atoms with Crippen molar-refractivity contribution in [3.8, 4) is 6.07 Å². The van der Waals surface area contributed by atoms with Gasteiger partial charge in [-0.1, -0.05) is 30.3 Å². The second-order valence-electron chi connectivity index (χ2n) is 9.70. The SMILES string of the molecule is CN(CC(F)F)C(C)(C)C=C(C#N)C(=O)N1CCCC[C@@H]1COC(=O)N[C@@H](Cc1ccccc1)B(O)O. The fourth-order valence-electron chi connectivity index (χ4n) is 4.11. The second-order valence-corrected chi connectivity index (χ2v) is 9.70. The van der Waals surface area contributed by atoms with Gasteiger partial charge in [-0.15, -0.1) is 0 Å². The maximum atomic E-state index is 13.2. The Labute approximate surface area is 216 Å². The number of nitrogens with one attached hydrogen (secondary N) is 1. The number of benzene rings is 1. The van der Waals surface area contributed by atoms with E-state index in [1.807, 2.05) is 12.1 Å². The normalized spacial score (nSPS) is 17.4. The monoisotopic (exact) mass is 520 g/mol. The average Bonchev–Trinajstić information content (AvgIpc) is 2.85. The topological polar surface area (TPSA) is 126 Å². The van der Waals surface area contributed by atoms with E-state index in [2.05, 4.69) is 5.32 Å². The highest BCUT2D eigenvalue weighted by Crippen LogP contribution is 2.23. The van der Waals surface area contributed by atoms with Gasteiger partial charge in [0.25, 0.3) is 12.3 Å². The molecule has 0 aromatic heterocycles. The highest BCUT2D eigenvalue weighted by Gasteiger charge is 2.33. The van der Waals surface area contributed by atoms with Crippen molar-refractivity contribution < 1.29 is 33.2 Å². The van der Waals surface area contributed by atoms with E-state index < -0.39 is 49.6 Å². The van der Waals surface area contributed by atoms with Crippen LogP contribution in [0.25, 0.3) is 0 Å². The molecule has 37 heavy (non-hydrogen) atoms. The van der Waals surface area contributed by atoms with Crippen LogP contribution in [-0.4, -0.2) is 89.7 Å². The lowest BCUT2D eigenvalue weighted by Crippen LogP contribution is -2.50. The van der Waals surface area contributed by atoms with Gasteiger partial charge in [0.05, 0.1) is 18.5 Å². The number of hydrogen-bond donors (Lipinski definition) is 3. The molecule has 2 rings (SSSR count). The molecule has 1 heterocycles. The van der Waals surface area contributed by atoms with E-state index >= 15 is 0 Å². The van der Waals surface area contributed by atoms with Crippen LogP contribution in [0.3, 0.4) is 0 Å². The summed E-state index contributed by atoms with van der Waals surface area (Å²) in [5, 5.41) is 31.4. The smallest absolute Gasteiger partial charge is 0.447 e. The molecule has 0 bridgehead atoms. The number of hydrogen-bond acceptors (Lipinski definition) is 7. The van der Waals surface area contributed by atoms with Crippen LogP contribution < -0.4 is 5.32 Å². The number of carbonyl (C=O) groups is 2. The van der Waals surface area contributed by atoms with Crippen LogP contribution in [-0.2, 0) is 16.0 Å². The van der Waals surface area contributed by atoms with Crippen molar-refractivity contribution in [3.63, 3.8) is 0 Å². The summed E-state index contributed by atoms with van der Waals surface area (Å²) < 4.78 is 31.0. The van der Waals surface area contributed by atoms with Gasteiger partial charge in [-0.3, -0.25) is 9.69 Å². The molecule has 3 N–H and O–H groups in total. The highest BCUT2D eigenvalue weighted by atomic mass is 19.3. The molecule has 9 nitrogen and oxygen atoms in total. The number of carbonyl (C=O) groups excluding carboxylic acids is 2. The lowest BCUT2D eigenvalue weighted by atomic mass is 9.76. The van der Waals surface area contributed by atoms with E-state index in [0.29, 0.717) is 19.4 Å². The van der Waals surface area contributed by atoms with Crippen LogP contribution in [0.2, 0.25) is 0 Å². The Morgan fingerprint density at radius 1 is 1.32 bits per heavy atom. The van der Waals surface area contributed by atoms with Crippen molar-refractivity contribution in [1.29, 1.82) is 5.26 Å². The number of alkyl carbamates (subject to hydrolysis) is 1. The molecule has 2 amide bonds. The first kappa shape index (κ1) is 30.2. The van der Waals surface area contributed by atoms with Gasteiger partial charge in [0.15, 0.2) is 0 Å². The number of halogens is 2. The Bertz CT molecular complexity index is 972. The molecule has 1 aliphatic heterocycles. The maximum Gasteiger partial charge on any atom is 0.475 e. The van der Waals surface area contributed by atoms with Gasteiger partial charge in [-0.05, 0) is 58.2 Å². The van der Waals surface area contributed by atoms with Crippen molar-refractivity contribution in [2.75, 3.05) is 26.7 Å². The van der Waals surface area contributed by atoms with Gasteiger partial charge in [0.2, 0.25) is 0 Å². The predicted octanol–water partition coefficient (Wildman–Crippen LogP) is 2.14. The molecule has 12 heteroatoms. The first-order valence-electron chi connectivity index (χ1n) is 12.2. The third-order valence-electron chi connectivity index (χ3n) is 6.50. The molecule has 1 aromatic rings. The Hall–Kier alpha value is -3.01. The molecule has 1 aromatic carbocycles. The van der Waals surface area contributed by atoms with Crippen LogP contribution in [0.4, 0.5) is 13.6 Å². The number of piperidine rings is 1. The minimum Gasteiger partial charge on any atom is -0.447 e. The number of ether oxygens (including phenoxy) is 1. The van der Waals surface area contributed by atoms with Crippen molar-refractivity contribution in [2.45, 2.75) is 63.5 Å². The summed E-state index contributed by atoms with van der Waals surface area (Å²) in [6, 6.07) is 10.4. The molecule has 0 saturated carbocycles. The zero-order valence-electron chi connectivity index (χ0n) is 21.4. The molecule has 2 atom stereocenters. The summed E-state index contributed by atoms with van der Waals surface area (Å²) in [4.78, 5) is 28.5. The van der Waals surface area contributed by atoms with Gasteiger partial charge in [0.1, 0.15) is 18.2 Å². The van der Waals surface area contributed by atoms with Crippen molar-refractivity contribution in [2.24, 2.45) is 0 Å². The van der Waals surface area contributed by atoms with Crippen LogP contribution in [0.15, 0.2) is 42.0 Å². The molecular formula is C25H35BF2N4O5. The quantitative estimate of drug-likeness (QED) is 0.232. The molecule has 1 saturated heterocycles. The van der Waals surface area contributed by atoms with E-state index in [1.54, 1.807) is 38.1 Å². The largest absolute Gasteiger partial charge is 0.475 e. The van der Waals surface area contributed by atoms with Crippen molar-refractivity contribution >= 4 is 19.1 Å². The summed E-state index contributed by atoms with van der Waals surface area (Å²) in [6.07, 6.45) is 0.173. The van der Waals surface area contributed by atoms with Crippen molar-refractivity contribution in [1.82, 2.24) is 15.1 Å². The molecular weight excluding hydrogens is 485 g/mol. The fraction of sp³-hybridized carbons (Fsp3) is 0.560.